The number of hydrogen-bond donors (Lipinski definition) is 1. The number of ether oxygens (including phenoxy) is 2. The van der Waals surface area contributed by atoms with Gasteiger partial charge in [-0.2, -0.15) is 0 Å². The number of benzene rings is 1. The summed E-state index contributed by atoms with van der Waals surface area (Å²) in [5, 5.41) is 10.6. The molecule has 0 radical (unpaired) electrons. The molecule has 1 aromatic rings. The van der Waals surface area contributed by atoms with E-state index in [1.54, 1.807) is 31.2 Å². The molecule has 28 heavy (non-hydrogen) atoms. The number of fused-ring (bicyclic) bond motifs is 1. The molecule has 0 spiro atoms. The third-order valence-corrected chi connectivity index (χ3v) is 5.78. The molecule has 1 unspecified atom stereocenters. The van der Waals surface area contributed by atoms with Gasteiger partial charge in [-0.1, -0.05) is 56.5 Å². The molecule has 1 saturated carbocycles. The van der Waals surface area contributed by atoms with Crippen LogP contribution in [-0.4, -0.2) is 34.9 Å². The lowest BCUT2D eigenvalue weighted by Gasteiger charge is -2.23. The third-order valence-electron chi connectivity index (χ3n) is 5.78. The summed E-state index contributed by atoms with van der Waals surface area (Å²) in [5.41, 5.74) is -0.407. The molecule has 1 saturated heterocycles. The minimum absolute atomic E-state index is 0.0104. The maximum atomic E-state index is 12.5. The van der Waals surface area contributed by atoms with Gasteiger partial charge in [0.15, 0.2) is 0 Å². The summed E-state index contributed by atoms with van der Waals surface area (Å²) < 4.78 is 11.2. The molecular formula is C23H30O5. The fourth-order valence-electron chi connectivity index (χ4n) is 4.20. The Morgan fingerprint density at radius 3 is 2.79 bits per heavy atom. The van der Waals surface area contributed by atoms with Crippen LogP contribution in [-0.2, 0) is 14.3 Å². The first-order chi connectivity index (χ1) is 13.4. The van der Waals surface area contributed by atoms with Gasteiger partial charge in [-0.15, -0.1) is 0 Å². The standard InChI is InChI=1S/C23H30O5/c1-3-4-8-12-23(2,26)13-11-17-18-14-21(24)27-20(18)15-19(17)28-22(25)16-9-6-5-7-10-16/h5-7,9-11,13,17-20,26H,3-4,8,12,14-15H2,1-2H3/b13-11+/t17-,18-,19-,20+,23?/m1/s1. The predicted molar refractivity (Wildman–Crippen MR) is 106 cm³/mol. The van der Waals surface area contributed by atoms with Crippen molar-refractivity contribution in [3.8, 4) is 0 Å². The van der Waals surface area contributed by atoms with Crippen LogP contribution in [0, 0.1) is 11.8 Å². The van der Waals surface area contributed by atoms with Crippen LogP contribution in [0.15, 0.2) is 42.5 Å². The molecule has 5 atom stereocenters. The van der Waals surface area contributed by atoms with E-state index in [0.717, 1.165) is 19.3 Å². The minimum Gasteiger partial charge on any atom is -0.462 e. The van der Waals surface area contributed by atoms with E-state index in [-0.39, 0.29) is 36.0 Å². The summed E-state index contributed by atoms with van der Waals surface area (Å²) in [4.78, 5) is 24.2. The summed E-state index contributed by atoms with van der Waals surface area (Å²) in [6.45, 7) is 3.93. The Labute approximate surface area is 166 Å². The summed E-state index contributed by atoms with van der Waals surface area (Å²) in [5.74, 6) is -0.716. The SMILES string of the molecule is CCCCCC(C)(O)/C=C/[C@@H]1[C@H]2CC(=O)O[C@H]2C[C@H]1OC(=O)c1ccccc1. The second kappa shape index (κ2) is 8.91. The molecule has 0 bridgehead atoms. The van der Waals surface area contributed by atoms with Crippen LogP contribution in [0.4, 0.5) is 0 Å². The Kier molecular flexibility index (Phi) is 6.55. The van der Waals surface area contributed by atoms with Gasteiger partial charge in [0.25, 0.3) is 0 Å². The quantitative estimate of drug-likeness (QED) is 0.414. The lowest BCUT2D eigenvalue weighted by molar-refractivity contribution is -0.141. The number of rotatable bonds is 8. The van der Waals surface area contributed by atoms with Crippen molar-refractivity contribution < 1.29 is 24.2 Å². The second-order valence-electron chi connectivity index (χ2n) is 8.19. The zero-order valence-corrected chi connectivity index (χ0v) is 16.7. The van der Waals surface area contributed by atoms with Crippen molar-refractivity contribution in [2.75, 3.05) is 0 Å². The molecule has 1 aliphatic heterocycles. The molecule has 1 heterocycles. The van der Waals surface area contributed by atoms with Crippen molar-refractivity contribution in [2.45, 2.75) is 70.2 Å². The van der Waals surface area contributed by atoms with E-state index < -0.39 is 5.60 Å². The van der Waals surface area contributed by atoms with Crippen molar-refractivity contribution >= 4 is 11.9 Å². The van der Waals surface area contributed by atoms with Crippen molar-refractivity contribution in [1.82, 2.24) is 0 Å². The minimum atomic E-state index is -0.912. The zero-order chi connectivity index (χ0) is 20.1. The number of esters is 2. The average molecular weight is 386 g/mol. The van der Waals surface area contributed by atoms with Crippen molar-refractivity contribution in [2.24, 2.45) is 11.8 Å². The van der Waals surface area contributed by atoms with Crippen molar-refractivity contribution in [3.63, 3.8) is 0 Å². The highest BCUT2D eigenvalue weighted by atomic mass is 16.6. The number of carbonyl (C=O) groups excluding carboxylic acids is 2. The van der Waals surface area contributed by atoms with Crippen molar-refractivity contribution in [3.05, 3.63) is 48.0 Å². The van der Waals surface area contributed by atoms with Crippen LogP contribution in [0.1, 0.15) is 62.7 Å². The predicted octanol–water partition coefficient (Wildman–Crippen LogP) is 4.05. The maximum absolute atomic E-state index is 12.5. The summed E-state index contributed by atoms with van der Waals surface area (Å²) in [6.07, 6.45) is 7.81. The fraction of sp³-hybridized carbons (Fsp3) is 0.565. The molecule has 1 aromatic carbocycles. The van der Waals surface area contributed by atoms with Gasteiger partial charge in [-0.25, -0.2) is 4.79 Å². The Balaban J connectivity index is 1.71. The van der Waals surface area contributed by atoms with E-state index in [1.165, 1.54) is 0 Å². The first kappa shape index (κ1) is 20.6. The number of unbranched alkanes of at least 4 members (excludes halogenated alkanes) is 2. The van der Waals surface area contributed by atoms with E-state index in [1.807, 2.05) is 18.2 Å². The smallest absolute Gasteiger partial charge is 0.338 e. The first-order valence-electron chi connectivity index (χ1n) is 10.3. The molecule has 3 rings (SSSR count). The van der Waals surface area contributed by atoms with Crippen molar-refractivity contribution in [1.29, 1.82) is 0 Å². The molecular weight excluding hydrogens is 356 g/mol. The van der Waals surface area contributed by atoms with Crippen LogP contribution >= 0.6 is 0 Å². The van der Waals surface area contributed by atoms with E-state index in [4.69, 9.17) is 9.47 Å². The highest BCUT2D eigenvalue weighted by Crippen LogP contribution is 2.44. The van der Waals surface area contributed by atoms with E-state index >= 15 is 0 Å². The normalized spacial score (nSPS) is 28.8. The van der Waals surface area contributed by atoms with Gasteiger partial charge in [-0.3, -0.25) is 4.79 Å². The van der Waals surface area contributed by atoms with Gasteiger partial charge in [0.1, 0.15) is 12.2 Å². The molecule has 5 heteroatoms. The maximum Gasteiger partial charge on any atom is 0.338 e. The Bertz CT molecular complexity index is 709. The number of carbonyl (C=O) groups is 2. The number of aliphatic hydroxyl groups is 1. The van der Waals surface area contributed by atoms with Crippen LogP contribution < -0.4 is 0 Å². The van der Waals surface area contributed by atoms with Crippen LogP contribution in [0.3, 0.4) is 0 Å². The summed E-state index contributed by atoms with van der Waals surface area (Å²) in [6, 6.07) is 8.89. The molecule has 1 N–H and O–H groups in total. The lowest BCUT2D eigenvalue weighted by Crippen LogP contribution is -2.26. The largest absolute Gasteiger partial charge is 0.462 e. The Hall–Kier alpha value is -2.14. The topological polar surface area (TPSA) is 72.8 Å². The highest BCUT2D eigenvalue weighted by Gasteiger charge is 2.50. The van der Waals surface area contributed by atoms with Crippen LogP contribution in [0.2, 0.25) is 0 Å². The molecule has 0 aromatic heterocycles. The van der Waals surface area contributed by atoms with E-state index in [0.29, 0.717) is 24.8 Å². The number of hydrogen-bond acceptors (Lipinski definition) is 5. The Morgan fingerprint density at radius 2 is 2.07 bits per heavy atom. The Morgan fingerprint density at radius 1 is 1.32 bits per heavy atom. The van der Waals surface area contributed by atoms with Gasteiger partial charge in [0.05, 0.1) is 17.6 Å². The first-order valence-corrected chi connectivity index (χ1v) is 10.3. The van der Waals surface area contributed by atoms with Gasteiger partial charge in [0, 0.05) is 18.3 Å². The zero-order valence-electron chi connectivity index (χ0n) is 16.7. The van der Waals surface area contributed by atoms with Crippen LogP contribution in [0.5, 0.6) is 0 Å². The van der Waals surface area contributed by atoms with Gasteiger partial charge >= 0.3 is 11.9 Å². The molecule has 2 aliphatic rings. The van der Waals surface area contributed by atoms with Crippen LogP contribution in [0.25, 0.3) is 0 Å². The van der Waals surface area contributed by atoms with Gasteiger partial charge < -0.3 is 14.6 Å². The molecule has 1 aliphatic carbocycles. The third kappa shape index (κ3) is 5.02. The highest BCUT2D eigenvalue weighted by molar-refractivity contribution is 5.89. The van der Waals surface area contributed by atoms with E-state index in [9.17, 15) is 14.7 Å². The fourth-order valence-corrected chi connectivity index (χ4v) is 4.20. The molecule has 0 amide bonds. The lowest BCUT2D eigenvalue weighted by atomic mass is 9.89. The molecule has 5 nitrogen and oxygen atoms in total. The molecule has 152 valence electrons. The monoisotopic (exact) mass is 386 g/mol. The average Bonchev–Trinajstić information content (AvgIpc) is 3.16. The van der Waals surface area contributed by atoms with E-state index in [2.05, 4.69) is 6.92 Å². The second-order valence-corrected chi connectivity index (χ2v) is 8.19. The van der Waals surface area contributed by atoms with Gasteiger partial charge in [-0.05, 0) is 25.5 Å². The summed E-state index contributed by atoms with van der Waals surface area (Å²) in [7, 11) is 0. The molecule has 2 fully saturated rings. The summed E-state index contributed by atoms with van der Waals surface area (Å²) >= 11 is 0. The van der Waals surface area contributed by atoms with Gasteiger partial charge in [0.2, 0.25) is 0 Å².